The molecule has 2 aromatic heterocycles. The summed E-state index contributed by atoms with van der Waals surface area (Å²) in [5, 5.41) is 12.7. The lowest BCUT2D eigenvalue weighted by atomic mass is 9.78. The minimum absolute atomic E-state index is 0.0327. The van der Waals surface area contributed by atoms with Crippen LogP contribution in [0.5, 0.6) is 11.5 Å². The molecule has 1 aliphatic heterocycles. The van der Waals surface area contributed by atoms with Crippen molar-refractivity contribution >= 4 is 23.5 Å². The van der Waals surface area contributed by atoms with Crippen LogP contribution in [0.15, 0.2) is 64.0 Å². The number of Topliss-reactive ketones (excluding diaryl/α,β-unsaturated/α-hetero) is 1. The number of nitrogens with one attached hydrogen (secondary N) is 2. The van der Waals surface area contributed by atoms with Gasteiger partial charge in [0.2, 0.25) is 12.7 Å². The molecule has 0 bridgehead atoms. The summed E-state index contributed by atoms with van der Waals surface area (Å²) in [6, 6.07) is 14.3. The Morgan fingerprint density at radius 1 is 1.02 bits per heavy atom. The number of methoxy groups -OCH3 is 1. The first-order valence-electron chi connectivity index (χ1n) is 14.0. The number of nitrogens with zero attached hydrogens (tertiary/aromatic N) is 4. The Morgan fingerprint density at radius 3 is 2.49 bits per heavy atom. The molecule has 14 heteroatoms. The molecule has 0 saturated heterocycles. The van der Waals surface area contributed by atoms with Gasteiger partial charge < -0.3 is 24.1 Å². The van der Waals surface area contributed by atoms with E-state index in [0.717, 1.165) is 17.2 Å². The summed E-state index contributed by atoms with van der Waals surface area (Å²) in [4.78, 5) is 56.4. The van der Waals surface area contributed by atoms with E-state index in [-0.39, 0.29) is 36.3 Å². The number of ether oxygens (including phenoxy) is 3. The van der Waals surface area contributed by atoms with E-state index in [1.54, 1.807) is 50.2 Å². The number of rotatable bonds is 10. The maximum atomic E-state index is 13.8. The van der Waals surface area contributed by atoms with Crippen molar-refractivity contribution in [1.29, 1.82) is 0 Å². The molecule has 0 unspecified atom stereocenters. The van der Waals surface area contributed by atoms with E-state index < -0.39 is 40.7 Å². The number of hydrogen-bond acceptors (Lipinski definition) is 11. The molecule has 1 aliphatic rings. The Labute approximate surface area is 257 Å². The Bertz CT molecular complexity index is 1810. The van der Waals surface area contributed by atoms with Gasteiger partial charge in [0, 0.05) is 22.8 Å². The van der Waals surface area contributed by atoms with Crippen molar-refractivity contribution in [2.24, 2.45) is 5.41 Å². The smallest absolute Gasteiger partial charge is 0.411 e. The van der Waals surface area contributed by atoms with Crippen molar-refractivity contribution in [3.63, 3.8) is 0 Å². The van der Waals surface area contributed by atoms with Crippen LogP contribution in [0.2, 0.25) is 0 Å². The van der Waals surface area contributed by atoms with Crippen LogP contribution in [0.4, 0.5) is 10.5 Å². The Hall–Kier alpha value is -5.53. The van der Waals surface area contributed by atoms with Crippen molar-refractivity contribution in [3.8, 4) is 22.9 Å². The second-order valence-corrected chi connectivity index (χ2v) is 11.5. The lowest BCUT2D eigenvalue weighted by molar-refractivity contribution is -0.122. The molecular formula is C31H32N6O8. The van der Waals surface area contributed by atoms with E-state index in [9.17, 15) is 19.2 Å². The zero-order valence-electron chi connectivity index (χ0n) is 25.4. The van der Waals surface area contributed by atoms with E-state index >= 15 is 0 Å². The maximum Gasteiger partial charge on any atom is 0.411 e. The predicted octanol–water partition coefficient (Wildman–Crippen LogP) is 3.55. The Kier molecular flexibility index (Phi) is 8.40. The molecular weight excluding hydrogens is 584 g/mol. The van der Waals surface area contributed by atoms with Crippen LogP contribution in [0.25, 0.3) is 11.4 Å². The average molecular weight is 617 g/mol. The summed E-state index contributed by atoms with van der Waals surface area (Å²) in [6.07, 6.45) is 0.341. The molecule has 0 spiro atoms. The monoisotopic (exact) mass is 616 g/mol. The van der Waals surface area contributed by atoms with E-state index in [2.05, 4.69) is 30.7 Å². The SMILES string of the molecule is COC(=O)Nc1cnc(-c2ccccc2)n(CC(=O)NCC(C)(C)C(=O)c2nnoc2C(C)(C)c2ccc3c(c2)OCO3)c1=O. The van der Waals surface area contributed by atoms with E-state index in [1.165, 1.54) is 6.20 Å². The van der Waals surface area contributed by atoms with E-state index in [1.807, 2.05) is 26.0 Å². The van der Waals surface area contributed by atoms with Gasteiger partial charge >= 0.3 is 6.09 Å². The summed E-state index contributed by atoms with van der Waals surface area (Å²) in [6.45, 7) is 6.66. The molecule has 0 aliphatic carbocycles. The van der Waals surface area contributed by atoms with Crippen molar-refractivity contribution in [2.45, 2.75) is 39.7 Å². The number of anilines is 1. The van der Waals surface area contributed by atoms with E-state index in [4.69, 9.17) is 14.0 Å². The number of aromatic nitrogens is 4. The number of carbonyl (C=O) groups is 3. The topological polar surface area (TPSA) is 177 Å². The third-order valence-electron chi connectivity index (χ3n) is 7.51. The predicted molar refractivity (Wildman–Crippen MR) is 160 cm³/mol. The summed E-state index contributed by atoms with van der Waals surface area (Å²) < 4.78 is 22.1. The molecule has 45 heavy (non-hydrogen) atoms. The fourth-order valence-corrected chi connectivity index (χ4v) is 4.79. The Balaban J connectivity index is 1.34. The number of amides is 2. The van der Waals surface area contributed by atoms with Gasteiger partial charge in [0.05, 0.1) is 18.7 Å². The summed E-state index contributed by atoms with van der Waals surface area (Å²) >= 11 is 0. The highest BCUT2D eigenvalue weighted by Crippen LogP contribution is 2.40. The zero-order chi connectivity index (χ0) is 32.4. The van der Waals surface area contributed by atoms with Crippen LogP contribution >= 0.6 is 0 Å². The minimum Gasteiger partial charge on any atom is -0.454 e. The second kappa shape index (κ2) is 12.2. The molecule has 2 amide bonds. The highest BCUT2D eigenvalue weighted by atomic mass is 16.7. The van der Waals surface area contributed by atoms with Crippen LogP contribution in [-0.2, 0) is 21.5 Å². The van der Waals surface area contributed by atoms with Crippen LogP contribution in [-0.4, -0.2) is 58.2 Å². The second-order valence-electron chi connectivity index (χ2n) is 11.5. The molecule has 2 aromatic carbocycles. The number of fused-ring (bicyclic) bond motifs is 1. The molecule has 0 fully saturated rings. The van der Waals surface area contributed by atoms with Crippen LogP contribution in [0.3, 0.4) is 0 Å². The maximum absolute atomic E-state index is 13.8. The normalized spacial score (nSPS) is 12.5. The highest BCUT2D eigenvalue weighted by Gasteiger charge is 2.40. The molecule has 4 aromatic rings. The van der Waals surface area contributed by atoms with Crippen LogP contribution < -0.4 is 25.7 Å². The molecule has 234 valence electrons. The first kappa shape index (κ1) is 30.9. The first-order chi connectivity index (χ1) is 21.4. The standard InChI is InChI=1S/C31H32N6O8/c1-30(2,25(39)24-26(45-36-35-24)31(3,4)19-11-12-21-22(13-19)44-17-43-21)16-33-23(38)15-37-27(18-9-7-6-8-10-18)32-14-20(28(37)40)34-29(41)42-5/h6-14H,15-17H2,1-5H3,(H,33,38)(H,34,41). The van der Waals surface area contributed by atoms with Gasteiger partial charge in [-0.3, -0.25) is 24.3 Å². The number of carbonyl (C=O) groups excluding carboxylic acids is 3. The largest absolute Gasteiger partial charge is 0.454 e. The molecule has 3 heterocycles. The van der Waals surface area contributed by atoms with Gasteiger partial charge in [0.1, 0.15) is 18.1 Å². The van der Waals surface area contributed by atoms with Crippen molar-refractivity contribution in [3.05, 3.63) is 82.1 Å². The zero-order valence-corrected chi connectivity index (χ0v) is 25.4. The van der Waals surface area contributed by atoms with Gasteiger partial charge in [0.25, 0.3) is 5.56 Å². The van der Waals surface area contributed by atoms with Crippen molar-refractivity contribution < 1.29 is 33.1 Å². The number of hydrogen-bond donors (Lipinski definition) is 2. The molecule has 0 radical (unpaired) electrons. The van der Waals surface area contributed by atoms with Gasteiger partial charge in [-0.15, -0.1) is 5.10 Å². The third-order valence-corrected chi connectivity index (χ3v) is 7.51. The molecule has 5 rings (SSSR count). The molecule has 2 N–H and O–H groups in total. The van der Waals surface area contributed by atoms with Gasteiger partial charge in [0.15, 0.2) is 28.7 Å². The quantitative estimate of drug-likeness (QED) is 0.249. The molecule has 0 saturated carbocycles. The van der Waals surface area contributed by atoms with Gasteiger partial charge in [-0.1, -0.05) is 50.2 Å². The van der Waals surface area contributed by atoms with E-state index in [0.29, 0.717) is 17.1 Å². The fraction of sp³-hybridized carbons (Fsp3) is 0.323. The lowest BCUT2D eigenvalue weighted by Gasteiger charge is -2.26. The summed E-state index contributed by atoms with van der Waals surface area (Å²) in [5.41, 5.74) is -1.38. The first-order valence-corrected chi connectivity index (χ1v) is 14.0. The fourth-order valence-electron chi connectivity index (χ4n) is 4.79. The molecule has 0 atom stereocenters. The molecule has 14 nitrogen and oxygen atoms in total. The summed E-state index contributed by atoms with van der Waals surface area (Å²) in [5.74, 6) is 0.711. The van der Waals surface area contributed by atoms with Gasteiger partial charge in [-0.2, -0.15) is 0 Å². The average Bonchev–Trinajstić information content (AvgIpc) is 3.72. The minimum atomic E-state index is -1.15. The van der Waals surface area contributed by atoms with Gasteiger partial charge in [-0.05, 0) is 31.5 Å². The highest BCUT2D eigenvalue weighted by molar-refractivity contribution is 6.00. The van der Waals surface area contributed by atoms with Crippen LogP contribution in [0.1, 0.15) is 49.5 Å². The summed E-state index contributed by atoms with van der Waals surface area (Å²) in [7, 11) is 1.16. The number of ketones is 1. The van der Waals surface area contributed by atoms with Crippen molar-refractivity contribution in [2.75, 3.05) is 25.8 Å². The van der Waals surface area contributed by atoms with Crippen LogP contribution in [0, 0.1) is 5.41 Å². The lowest BCUT2D eigenvalue weighted by Crippen LogP contribution is -2.42. The number of benzene rings is 2. The third kappa shape index (κ3) is 6.25. The van der Waals surface area contributed by atoms with Crippen molar-refractivity contribution in [1.82, 2.24) is 25.2 Å². The Morgan fingerprint density at radius 2 is 1.76 bits per heavy atom. The van der Waals surface area contributed by atoms with Gasteiger partial charge in [-0.25, -0.2) is 9.78 Å².